The second-order valence-corrected chi connectivity index (χ2v) is 5.71. The van der Waals surface area contributed by atoms with E-state index in [0.717, 1.165) is 19.4 Å². The summed E-state index contributed by atoms with van der Waals surface area (Å²) in [5.41, 5.74) is 0.566. The van der Waals surface area contributed by atoms with E-state index in [1.807, 2.05) is 0 Å². The Balaban J connectivity index is 0.00000144. The van der Waals surface area contributed by atoms with E-state index in [9.17, 15) is 8.42 Å². The number of aromatic nitrogens is 2. The fraction of sp³-hybridized carbons (Fsp3) is 0.667. The molecule has 0 spiro atoms. The second-order valence-electron chi connectivity index (χ2n) is 4.02. The molecule has 1 aliphatic heterocycles. The third-order valence-corrected chi connectivity index (χ3v) is 4.33. The predicted molar refractivity (Wildman–Crippen MR) is 66.8 cm³/mol. The Labute approximate surface area is 107 Å². The van der Waals surface area contributed by atoms with E-state index < -0.39 is 10.0 Å². The zero-order chi connectivity index (χ0) is 11.6. The third-order valence-electron chi connectivity index (χ3n) is 2.69. The predicted octanol–water partition coefficient (Wildman–Crippen LogP) is 0.170. The quantitative estimate of drug-likeness (QED) is 0.737. The molecule has 0 unspecified atom stereocenters. The van der Waals surface area contributed by atoms with Crippen LogP contribution in [0.4, 0.5) is 0 Å². The highest BCUT2D eigenvalue weighted by molar-refractivity contribution is 7.89. The van der Waals surface area contributed by atoms with E-state index in [1.165, 1.54) is 6.20 Å². The minimum Gasteiger partial charge on any atom is -0.315 e. The van der Waals surface area contributed by atoms with Gasteiger partial charge in [-0.25, -0.2) is 13.1 Å². The topological polar surface area (TPSA) is 86.9 Å². The van der Waals surface area contributed by atoms with Crippen molar-refractivity contribution >= 4 is 22.4 Å². The molecule has 17 heavy (non-hydrogen) atoms. The van der Waals surface area contributed by atoms with Crippen LogP contribution < -0.4 is 10.0 Å². The fourth-order valence-corrected chi connectivity index (χ4v) is 3.25. The largest absolute Gasteiger partial charge is 0.315 e. The SMILES string of the molecule is Cc1[nH]ncc1S(=O)(=O)N[C@H]1CCCNC1.Cl. The van der Waals surface area contributed by atoms with Crippen LogP contribution in [0.3, 0.4) is 0 Å². The summed E-state index contributed by atoms with van der Waals surface area (Å²) >= 11 is 0. The van der Waals surface area contributed by atoms with Crippen molar-refractivity contribution in [3.8, 4) is 0 Å². The average Bonchev–Trinajstić information content (AvgIpc) is 2.66. The molecule has 3 N–H and O–H groups in total. The van der Waals surface area contributed by atoms with Gasteiger partial charge in [-0.05, 0) is 26.3 Å². The maximum atomic E-state index is 12.0. The smallest absolute Gasteiger partial charge is 0.244 e. The lowest BCUT2D eigenvalue weighted by molar-refractivity contribution is 0.428. The van der Waals surface area contributed by atoms with Crippen molar-refractivity contribution in [3.05, 3.63) is 11.9 Å². The summed E-state index contributed by atoms with van der Waals surface area (Å²) in [6.45, 7) is 3.35. The van der Waals surface area contributed by atoms with Crippen LogP contribution in [0, 0.1) is 6.92 Å². The van der Waals surface area contributed by atoms with Gasteiger partial charge in [-0.2, -0.15) is 5.10 Å². The molecule has 1 aliphatic rings. The van der Waals surface area contributed by atoms with E-state index in [1.54, 1.807) is 6.92 Å². The van der Waals surface area contributed by atoms with Gasteiger partial charge in [0.1, 0.15) is 4.90 Å². The zero-order valence-corrected chi connectivity index (χ0v) is 11.2. The fourth-order valence-electron chi connectivity index (χ4n) is 1.85. The van der Waals surface area contributed by atoms with Crippen molar-refractivity contribution in [1.29, 1.82) is 0 Å². The lowest BCUT2D eigenvalue weighted by atomic mass is 10.1. The molecule has 0 aliphatic carbocycles. The molecular formula is C9H17ClN4O2S. The molecule has 0 amide bonds. The van der Waals surface area contributed by atoms with Crippen LogP contribution in [-0.4, -0.2) is 37.7 Å². The highest BCUT2D eigenvalue weighted by Gasteiger charge is 2.23. The van der Waals surface area contributed by atoms with Crippen molar-refractivity contribution < 1.29 is 8.42 Å². The van der Waals surface area contributed by atoms with Gasteiger partial charge < -0.3 is 5.32 Å². The summed E-state index contributed by atoms with van der Waals surface area (Å²) in [5.74, 6) is 0. The molecule has 1 fully saturated rings. The van der Waals surface area contributed by atoms with Gasteiger partial charge in [0.15, 0.2) is 0 Å². The molecule has 0 saturated carbocycles. The zero-order valence-electron chi connectivity index (χ0n) is 9.56. The number of hydrogen-bond acceptors (Lipinski definition) is 4. The first-order chi connectivity index (χ1) is 7.59. The molecule has 0 aromatic carbocycles. The van der Waals surface area contributed by atoms with Crippen molar-refractivity contribution in [3.63, 3.8) is 0 Å². The minimum absolute atomic E-state index is 0. The number of aryl methyl sites for hydroxylation is 1. The maximum Gasteiger partial charge on any atom is 0.244 e. The van der Waals surface area contributed by atoms with Crippen LogP contribution >= 0.6 is 12.4 Å². The average molecular weight is 281 g/mol. The molecular weight excluding hydrogens is 264 g/mol. The van der Waals surface area contributed by atoms with Crippen LogP contribution in [0.25, 0.3) is 0 Å². The Hall–Kier alpha value is -0.630. The van der Waals surface area contributed by atoms with Gasteiger partial charge in [0.05, 0.1) is 11.9 Å². The van der Waals surface area contributed by atoms with Crippen molar-refractivity contribution in [2.75, 3.05) is 13.1 Å². The van der Waals surface area contributed by atoms with Crippen molar-refractivity contribution in [2.45, 2.75) is 30.7 Å². The standard InChI is InChI=1S/C9H16N4O2S.ClH/c1-7-9(6-11-12-7)16(14,15)13-8-3-2-4-10-5-8;/h6,8,10,13H,2-5H2,1H3,(H,11,12);1H/t8-;/m0./s1. The molecule has 1 aromatic heterocycles. The molecule has 0 radical (unpaired) electrons. The van der Waals surface area contributed by atoms with E-state index >= 15 is 0 Å². The maximum absolute atomic E-state index is 12.0. The molecule has 1 saturated heterocycles. The van der Waals surface area contributed by atoms with Crippen LogP contribution in [0.2, 0.25) is 0 Å². The lowest BCUT2D eigenvalue weighted by Crippen LogP contribution is -2.45. The monoisotopic (exact) mass is 280 g/mol. The summed E-state index contributed by atoms with van der Waals surface area (Å²) < 4.78 is 26.7. The Kier molecular flexibility index (Phi) is 4.93. The number of nitrogens with zero attached hydrogens (tertiary/aromatic N) is 1. The Morgan fingerprint density at radius 3 is 2.82 bits per heavy atom. The van der Waals surface area contributed by atoms with E-state index in [4.69, 9.17) is 0 Å². The molecule has 1 atom stereocenters. The van der Waals surface area contributed by atoms with E-state index in [-0.39, 0.29) is 23.3 Å². The number of sulfonamides is 1. The Morgan fingerprint density at radius 2 is 2.29 bits per heavy atom. The number of hydrogen-bond donors (Lipinski definition) is 3. The highest BCUT2D eigenvalue weighted by atomic mass is 35.5. The van der Waals surface area contributed by atoms with Crippen LogP contribution in [0.1, 0.15) is 18.5 Å². The number of aromatic amines is 1. The number of halogens is 1. The van der Waals surface area contributed by atoms with Crippen LogP contribution in [0.5, 0.6) is 0 Å². The normalized spacial score (nSPS) is 20.9. The molecule has 1 aromatic rings. The van der Waals surface area contributed by atoms with E-state index in [2.05, 4.69) is 20.2 Å². The number of piperidine rings is 1. The number of nitrogens with one attached hydrogen (secondary N) is 3. The second kappa shape index (κ2) is 5.81. The molecule has 8 heteroatoms. The summed E-state index contributed by atoms with van der Waals surface area (Å²) in [7, 11) is -3.43. The molecule has 2 rings (SSSR count). The summed E-state index contributed by atoms with van der Waals surface area (Å²) in [6.07, 6.45) is 3.22. The van der Waals surface area contributed by atoms with Crippen LogP contribution in [0.15, 0.2) is 11.1 Å². The van der Waals surface area contributed by atoms with Gasteiger partial charge in [-0.15, -0.1) is 12.4 Å². The van der Waals surface area contributed by atoms with Crippen LogP contribution in [-0.2, 0) is 10.0 Å². The van der Waals surface area contributed by atoms with Gasteiger partial charge in [0, 0.05) is 12.6 Å². The molecule has 0 bridgehead atoms. The third kappa shape index (κ3) is 3.41. The van der Waals surface area contributed by atoms with Crippen molar-refractivity contribution in [1.82, 2.24) is 20.2 Å². The number of rotatable bonds is 3. The lowest BCUT2D eigenvalue weighted by Gasteiger charge is -2.23. The first-order valence-electron chi connectivity index (χ1n) is 5.32. The first-order valence-corrected chi connectivity index (χ1v) is 6.81. The van der Waals surface area contributed by atoms with Gasteiger partial charge >= 0.3 is 0 Å². The highest BCUT2D eigenvalue weighted by Crippen LogP contribution is 2.13. The Morgan fingerprint density at radius 1 is 1.53 bits per heavy atom. The van der Waals surface area contributed by atoms with Gasteiger partial charge in [-0.3, -0.25) is 5.10 Å². The molecule has 98 valence electrons. The first kappa shape index (κ1) is 14.4. The minimum atomic E-state index is -3.43. The summed E-state index contributed by atoms with van der Waals surface area (Å²) in [5, 5.41) is 9.52. The Bertz CT molecular complexity index is 453. The van der Waals surface area contributed by atoms with Gasteiger partial charge in [0.2, 0.25) is 10.0 Å². The van der Waals surface area contributed by atoms with E-state index in [0.29, 0.717) is 12.2 Å². The molecule has 6 nitrogen and oxygen atoms in total. The van der Waals surface area contributed by atoms with Crippen molar-refractivity contribution in [2.24, 2.45) is 0 Å². The van der Waals surface area contributed by atoms with Gasteiger partial charge in [-0.1, -0.05) is 0 Å². The van der Waals surface area contributed by atoms with Gasteiger partial charge in [0.25, 0.3) is 0 Å². The summed E-state index contributed by atoms with van der Waals surface area (Å²) in [6, 6.07) is -0.0203. The molecule has 2 heterocycles. The number of H-pyrrole nitrogens is 1. The summed E-state index contributed by atoms with van der Waals surface area (Å²) in [4.78, 5) is 0.234.